The Kier molecular flexibility index (Phi) is 3.90. The van der Waals surface area contributed by atoms with Gasteiger partial charge in [-0.2, -0.15) is 0 Å². The molecule has 0 fully saturated rings. The van der Waals surface area contributed by atoms with E-state index < -0.39 is 27.1 Å². The lowest BCUT2D eigenvalue weighted by Crippen LogP contribution is -2.39. The summed E-state index contributed by atoms with van der Waals surface area (Å²) in [6, 6.07) is 4.61. The number of carbonyl (C=O) groups is 2. The molecule has 0 spiro atoms. The summed E-state index contributed by atoms with van der Waals surface area (Å²) in [6.07, 6.45) is -0.0482. The lowest BCUT2D eigenvalue weighted by Gasteiger charge is -2.25. The van der Waals surface area contributed by atoms with Crippen molar-refractivity contribution in [2.45, 2.75) is 24.7 Å². The van der Waals surface area contributed by atoms with E-state index in [2.05, 4.69) is 0 Å². The van der Waals surface area contributed by atoms with Crippen molar-refractivity contribution in [3.05, 3.63) is 34.9 Å². The van der Waals surface area contributed by atoms with Crippen molar-refractivity contribution in [1.29, 1.82) is 0 Å². The topological polar surface area (TPSA) is 91.8 Å². The molecule has 2 rings (SSSR count). The molecule has 0 saturated carbocycles. The molecule has 0 saturated heterocycles. The minimum Gasteiger partial charge on any atom is -0.387 e. The molecule has 0 aliphatic carbocycles. The van der Waals surface area contributed by atoms with Gasteiger partial charge in [0.05, 0.1) is 17.8 Å². The van der Waals surface area contributed by atoms with Gasteiger partial charge in [-0.15, -0.1) is 0 Å². The third-order valence-electron chi connectivity index (χ3n) is 3.85. The van der Waals surface area contributed by atoms with E-state index in [4.69, 9.17) is 0 Å². The second-order valence-corrected chi connectivity index (χ2v) is 7.73. The molecule has 1 N–H and O–H groups in total. The summed E-state index contributed by atoms with van der Waals surface area (Å²) >= 11 is 0. The predicted molar refractivity (Wildman–Crippen MR) is 76.5 cm³/mol. The molecule has 1 aliphatic heterocycles. The van der Waals surface area contributed by atoms with Crippen LogP contribution in [0, 0.1) is 0 Å². The first-order valence-corrected chi connectivity index (χ1v) is 8.39. The number of likely N-dealkylation sites (N-methyl/N-ethyl adjacent to an activating group) is 1. The van der Waals surface area contributed by atoms with Gasteiger partial charge in [0, 0.05) is 18.9 Å². The number of rotatable bonds is 3. The number of aliphatic hydroxyl groups is 1. The predicted octanol–water partition coefficient (Wildman–Crippen LogP) is 0.308. The Morgan fingerprint density at radius 1 is 1.29 bits per heavy atom. The standard InChI is InChI=1S/C14H17NO5S/c1-8(21(3,19)20)13(17)10-5-4-9-7-12(16)15(2)14(18)11(9)6-10/h4-6,8,13,17H,7H2,1-3H3. The number of imide groups is 1. The third kappa shape index (κ3) is 2.84. The van der Waals surface area contributed by atoms with Gasteiger partial charge < -0.3 is 5.11 Å². The molecule has 6 nitrogen and oxygen atoms in total. The van der Waals surface area contributed by atoms with Crippen molar-refractivity contribution in [2.75, 3.05) is 13.3 Å². The zero-order valence-corrected chi connectivity index (χ0v) is 12.8. The highest BCUT2D eigenvalue weighted by Crippen LogP contribution is 2.26. The number of amides is 2. The highest BCUT2D eigenvalue weighted by molar-refractivity contribution is 7.91. The van der Waals surface area contributed by atoms with Crippen LogP contribution >= 0.6 is 0 Å². The van der Waals surface area contributed by atoms with Crippen LogP contribution in [0.5, 0.6) is 0 Å². The van der Waals surface area contributed by atoms with Gasteiger partial charge in [0.1, 0.15) is 0 Å². The van der Waals surface area contributed by atoms with Crippen LogP contribution in [0.2, 0.25) is 0 Å². The fraction of sp³-hybridized carbons (Fsp3) is 0.429. The van der Waals surface area contributed by atoms with Gasteiger partial charge in [-0.05, 0) is 24.1 Å². The summed E-state index contributed by atoms with van der Waals surface area (Å²) in [5, 5.41) is 9.18. The quantitative estimate of drug-likeness (QED) is 0.811. The Labute approximate surface area is 123 Å². The number of aliphatic hydroxyl groups excluding tert-OH is 1. The van der Waals surface area contributed by atoms with E-state index in [9.17, 15) is 23.1 Å². The average Bonchev–Trinajstić information content (AvgIpc) is 2.42. The minimum atomic E-state index is -3.40. The second kappa shape index (κ2) is 5.23. The zero-order chi connectivity index (χ0) is 15.9. The molecule has 2 atom stereocenters. The van der Waals surface area contributed by atoms with Crippen LogP contribution in [0.4, 0.5) is 0 Å². The number of nitrogens with zero attached hydrogens (tertiary/aromatic N) is 1. The smallest absolute Gasteiger partial charge is 0.260 e. The van der Waals surface area contributed by atoms with E-state index in [1.54, 1.807) is 12.1 Å². The van der Waals surface area contributed by atoms with Crippen LogP contribution in [-0.2, 0) is 21.1 Å². The number of hydrogen-bond donors (Lipinski definition) is 1. The van der Waals surface area contributed by atoms with E-state index in [0.717, 1.165) is 11.2 Å². The van der Waals surface area contributed by atoms with Gasteiger partial charge in [0.15, 0.2) is 9.84 Å². The molecular formula is C14H17NO5S. The number of sulfone groups is 1. The Bertz CT molecular complexity index is 710. The molecule has 2 unspecified atom stereocenters. The van der Waals surface area contributed by atoms with Crippen LogP contribution in [-0.4, -0.2) is 48.8 Å². The lowest BCUT2D eigenvalue weighted by atomic mass is 9.94. The summed E-state index contributed by atoms with van der Waals surface area (Å²) in [6.45, 7) is 1.41. The maximum Gasteiger partial charge on any atom is 0.260 e. The largest absolute Gasteiger partial charge is 0.387 e. The Morgan fingerprint density at radius 2 is 1.90 bits per heavy atom. The molecule has 0 bridgehead atoms. The second-order valence-electron chi connectivity index (χ2n) is 5.33. The summed E-state index contributed by atoms with van der Waals surface area (Å²) in [5.74, 6) is -0.729. The Balaban J connectivity index is 2.42. The fourth-order valence-corrected chi connectivity index (χ4v) is 2.84. The van der Waals surface area contributed by atoms with E-state index in [0.29, 0.717) is 16.7 Å². The van der Waals surface area contributed by atoms with Crippen molar-refractivity contribution < 1.29 is 23.1 Å². The maximum atomic E-state index is 12.1. The van der Waals surface area contributed by atoms with E-state index in [1.165, 1.54) is 20.0 Å². The monoisotopic (exact) mass is 311 g/mol. The number of benzene rings is 1. The van der Waals surface area contributed by atoms with Crippen molar-refractivity contribution >= 4 is 21.7 Å². The number of carbonyl (C=O) groups excluding carboxylic acids is 2. The SMILES string of the molecule is CC(C(O)c1ccc2c(c1)C(=O)N(C)C(=O)C2)S(C)(=O)=O. The number of fused-ring (bicyclic) bond motifs is 1. The van der Waals surface area contributed by atoms with Crippen molar-refractivity contribution in [3.63, 3.8) is 0 Å². The molecule has 1 aliphatic rings. The van der Waals surface area contributed by atoms with Gasteiger partial charge in [-0.1, -0.05) is 12.1 Å². The van der Waals surface area contributed by atoms with E-state index >= 15 is 0 Å². The van der Waals surface area contributed by atoms with Gasteiger partial charge in [-0.25, -0.2) is 8.42 Å². The summed E-state index contributed by atoms with van der Waals surface area (Å²) in [7, 11) is -2.01. The van der Waals surface area contributed by atoms with Gasteiger partial charge in [0.2, 0.25) is 5.91 Å². The summed E-state index contributed by atoms with van der Waals surface area (Å²) in [4.78, 5) is 24.7. The van der Waals surface area contributed by atoms with E-state index in [-0.39, 0.29) is 12.3 Å². The molecule has 1 heterocycles. The summed E-state index contributed by atoms with van der Waals surface area (Å²) < 4.78 is 23.0. The van der Waals surface area contributed by atoms with Crippen molar-refractivity contribution in [2.24, 2.45) is 0 Å². The van der Waals surface area contributed by atoms with Crippen molar-refractivity contribution in [3.8, 4) is 0 Å². The Morgan fingerprint density at radius 3 is 2.48 bits per heavy atom. The average molecular weight is 311 g/mol. The molecule has 2 amide bonds. The first-order chi connectivity index (χ1) is 9.62. The molecule has 1 aromatic rings. The maximum absolute atomic E-state index is 12.1. The first-order valence-electron chi connectivity index (χ1n) is 6.43. The Hall–Kier alpha value is -1.73. The van der Waals surface area contributed by atoms with Crippen LogP contribution in [0.25, 0.3) is 0 Å². The third-order valence-corrected chi connectivity index (χ3v) is 5.45. The molecule has 21 heavy (non-hydrogen) atoms. The summed E-state index contributed by atoms with van der Waals surface area (Å²) in [5.41, 5.74) is 1.27. The molecule has 0 aromatic heterocycles. The number of hydrogen-bond acceptors (Lipinski definition) is 5. The zero-order valence-electron chi connectivity index (χ0n) is 12.0. The highest BCUT2D eigenvalue weighted by Gasteiger charge is 2.31. The lowest BCUT2D eigenvalue weighted by molar-refractivity contribution is -0.127. The van der Waals surface area contributed by atoms with Gasteiger partial charge in [0.25, 0.3) is 5.91 Å². The van der Waals surface area contributed by atoms with Crippen LogP contribution in [0.15, 0.2) is 18.2 Å². The highest BCUT2D eigenvalue weighted by atomic mass is 32.2. The molecule has 1 aromatic carbocycles. The molecule has 0 radical (unpaired) electrons. The molecule has 7 heteroatoms. The van der Waals surface area contributed by atoms with E-state index in [1.807, 2.05) is 0 Å². The first kappa shape index (κ1) is 15.7. The van der Waals surface area contributed by atoms with Crippen LogP contribution in [0.1, 0.15) is 34.5 Å². The van der Waals surface area contributed by atoms with Gasteiger partial charge >= 0.3 is 0 Å². The fourth-order valence-electron chi connectivity index (χ4n) is 2.21. The van der Waals surface area contributed by atoms with Gasteiger partial charge in [-0.3, -0.25) is 14.5 Å². The molecular weight excluding hydrogens is 294 g/mol. The minimum absolute atomic E-state index is 0.121. The van der Waals surface area contributed by atoms with Crippen LogP contribution < -0.4 is 0 Å². The normalized spacial score (nSPS) is 18.4. The molecule has 114 valence electrons. The van der Waals surface area contributed by atoms with Crippen molar-refractivity contribution in [1.82, 2.24) is 4.90 Å². The van der Waals surface area contributed by atoms with Crippen LogP contribution in [0.3, 0.4) is 0 Å².